The maximum atomic E-state index is 11.9. The Balaban J connectivity index is 1.89. The van der Waals surface area contributed by atoms with Gasteiger partial charge in [0.2, 0.25) is 0 Å². The number of aromatic nitrogens is 1. The van der Waals surface area contributed by atoms with Crippen molar-refractivity contribution in [2.45, 2.75) is 6.92 Å². The fourth-order valence-corrected chi connectivity index (χ4v) is 2.15. The molecule has 0 aliphatic rings. The van der Waals surface area contributed by atoms with E-state index in [4.69, 9.17) is 14.0 Å². The summed E-state index contributed by atoms with van der Waals surface area (Å²) < 4.78 is 15.4. The Bertz CT molecular complexity index is 698. The summed E-state index contributed by atoms with van der Waals surface area (Å²) in [6.45, 7) is 1.28. The lowest BCUT2D eigenvalue weighted by molar-refractivity contribution is -0.119. The van der Waals surface area contributed by atoms with Crippen LogP contribution in [0.15, 0.2) is 33.3 Å². The highest BCUT2D eigenvalue weighted by Gasteiger charge is 2.13. The van der Waals surface area contributed by atoms with Crippen molar-refractivity contribution >= 4 is 33.6 Å². The second kappa shape index (κ2) is 7.08. The Kier molecular flexibility index (Phi) is 5.16. The monoisotopic (exact) mass is 368 g/mol. The minimum absolute atomic E-state index is 0.269. The number of nitrogens with zero attached hydrogens (tertiary/aromatic N) is 1. The number of halogens is 1. The molecule has 1 heterocycles. The van der Waals surface area contributed by atoms with Crippen LogP contribution in [0.2, 0.25) is 0 Å². The van der Waals surface area contributed by atoms with E-state index in [2.05, 4.69) is 26.4 Å². The summed E-state index contributed by atoms with van der Waals surface area (Å²) in [7, 11) is 1.52. The molecule has 0 bridgehead atoms. The number of hydrogen-bond acceptors (Lipinski definition) is 6. The van der Waals surface area contributed by atoms with Gasteiger partial charge in [-0.1, -0.05) is 5.16 Å². The van der Waals surface area contributed by atoms with Crippen LogP contribution >= 0.6 is 15.9 Å². The Morgan fingerprint density at radius 2 is 2.14 bits per heavy atom. The van der Waals surface area contributed by atoms with Gasteiger partial charge in [-0.2, -0.15) is 0 Å². The predicted octanol–water partition coefficient (Wildman–Crippen LogP) is 2.55. The van der Waals surface area contributed by atoms with Gasteiger partial charge in [0, 0.05) is 6.07 Å². The molecule has 0 aliphatic heterocycles. The third-order valence-electron chi connectivity index (χ3n) is 2.62. The van der Waals surface area contributed by atoms with Crippen molar-refractivity contribution in [3.8, 4) is 5.75 Å². The summed E-state index contributed by atoms with van der Waals surface area (Å²) in [4.78, 5) is 23.5. The highest BCUT2D eigenvalue weighted by molar-refractivity contribution is 9.10. The molecule has 0 fully saturated rings. The number of rotatable bonds is 5. The fourth-order valence-electron chi connectivity index (χ4n) is 1.61. The van der Waals surface area contributed by atoms with Gasteiger partial charge in [0.25, 0.3) is 5.91 Å². The highest BCUT2D eigenvalue weighted by atomic mass is 79.9. The number of amides is 1. The van der Waals surface area contributed by atoms with Crippen molar-refractivity contribution in [1.29, 1.82) is 0 Å². The van der Waals surface area contributed by atoms with Gasteiger partial charge >= 0.3 is 5.97 Å². The van der Waals surface area contributed by atoms with Crippen LogP contribution in [0.5, 0.6) is 5.75 Å². The zero-order valence-electron chi connectivity index (χ0n) is 11.9. The number of nitrogens with one attached hydrogen (secondary N) is 1. The number of ether oxygens (including phenoxy) is 2. The summed E-state index contributed by atoms with van der Waals surface area (Å²) in [6, 6.07) is 6.28. The van der Waals surface area contributed by atoms with Gasteiger partial charge in [0.05, 0.1) is 17.1 Å². The Hall–Kier alpha value is -2.35. The third-order valence-corrected chi connectivity index (χ3v) is 3.24. The van der Waals surface area contributed by atoms with Crippen molar-refractivity contribution in [1.82, 2.24) is 5.16 Å². The average Bonchev–Trinajstić information content (AvgIpc) is 2.89. The van der Waals surface area contributed by atoms with Crippen LogP contribution in [0, 0.1) is 6.92 Å². The number of aryl methyl sites for hydroxylation is 1. The smallest absolute Gasteiger partial charge is 0.338 e. The number of hydrogen-bond donors (Lipinski definition) is 1. The lowest BCUT2D eigenvalue weighted by atomic mass is 10.2. The van der Waals surface area contributed by atoms with Gasteiger partial charge < -0.3 is 19.3 Å². The molecule has 2 aromatic rings. The van der Waals surface area contributed by atoms with Gasteiger partial charge in [-0.05, 0) is 41.1 Å². The zero-order chi connectivity index (χ0) is 16.1. The van der Waals surface area contributed by atoms with E-state index in [0.29, 0.717) is 21.5 Å². The Morgan fingerprint density at radius 3 is 2.73 bits per heavy atom. The summed E-state index contributed by atoms with van der Waals surface area (Å²) in [6.07, 6.45) is 0. The summed E-state index contributed by atoms with van der Waals surface area (Å²) in [5.74, 6) is 0.306. The summed E-state index contributed by atoms with van der Waals surface area (Å²) >= 11 is 3.27. The van der Waals surface area contributed by atoms with E-state index in [1.54, 1.807) is 31.2 Å². The first kappa shape index (κ1) is 16.0. The van der Waals surface area contributed by atoms with E-state index in [1.807, 2.05) is 0 Å². The lowest BCUT2D eigenvalue weighted by Gasteiger charge is -2.07. The number of benzene rings is 1. The summed E-state index contributed by atoms with van der Waals surface area (Å²) in [5, 5.41) is 6.05. The number of carbonyl (C=O) groups is 2. The Morgan fingerprint density at radius 1 is 1.36 bits per heavy atom. The molecule has 8 heteroatoms. The molecular formula is C14H13BrN2O5. The SMILES string of the molecule is COc1ccc(C(=O)OCC(=O)Nc2cc(C)on2)cc1Br. The van der Waals surface area contributed by atoms with E-state index in [-0.39, 0.29) is 5.82 Å². The second-order valence-electron chi connectivity index (χ2n) is 4.30. The van der Waals surface area contributed by atoms with Gasteiger partial charge in [0.15, 0.2) is 12.4 Å². The molecule has 0 atom stereocenters. The summed E-state index contributed by atoms with van der Waals surface area (Å²) in [5.41, 5.74) is 0.303. The van der Waals surface area contributed by atoms with E-state index < -0.39 is 18.5 Å². The fraction of sp³-hybridized carbons (Fsp3) is 0.214. The number of anilines is 1. The molecular weight excluding hydrogens is 356 g/mol. The molecule has 7 nitrogen and oxygen atoms in total. The second-order valence-corrected chi connectivity index (χ2v) is 5.15. The largest absolute Gasteiger partial charge is 0.496 e. The van der Waals surface area contributed by atoms with E-state index in [9.17, 15) is 9.59 Å². The average molecular weight is 369 g/mol. The number of methoxy groups -OCH3 is 1. The van der Waals surface area contributed by atoms with Gasteiger partial charge in [-0.3, -0.25) is 4.79 Å². The predicted molar refractivity (Wildman–Crippen MR) is 80.8 cm³/mol. The van der Waals surface area contributed by atoms with Crippen LogP contribution in [-0.2, 0) is 9.53 Å². The lowest BCUT2D eigenvalue weighted by Crippen LogP contribution is -2.21. The molecule has 0 unspecified atom stereocenters. The van der Waals surface area contributed by atoms with E-state index in [1.165, 1.54) is 7.11 Å². The molecule has 1 aromatic heterocycles. The van der Waals surface area contributed by atoms with Gasteiger partial charge in [-0.15, -0.1) is 0 Å². The van der Waals surface area contributed by atoms with Crippen molar-refractivity contribution in [3.05, 3.63) is 40.1 Å². The first-order valence-corrected chi connectivity index (χ1v) is 7.02. The molecule has 0 aliphatic carbocycles. The molecule has 0 saturated heterocycles. The zero-order valence-corrected chi connectivity index (χ0v) is 13.5. The molecule has 0 spiro atoms. The number of esters is 1. The van der Waals surface area contributed by atoms with Crippen LogP contribution in [0.4, 0.5) is 5.82 Å². The van der Waals surface area contributed by atoms with Crippen molar-refractivity contribution in [3.63, 3.8) is 0 Å². The molecule has 0 saturated carbocycles. The van der Waals surface area contributed by atoms with E-state index in [0.717, 1.165) is 0 Å². The van der Waals surface area contributed by atoms with Crippen LogP contribution in [0.25, 0.3) is 0 Å². The Labute approximate surface area is 134 Å². The van der Waals surface area contributed by atoms with Crippen LogP contribution in [0.1, 0.15) is 16.1 Å². The van der Waals surface area contributed by atoms with Crippen LogP contribution in [0.3, 0.4) is 0 Å². The maximum absolute atomic E-state index is 11.9. The highest BCUT2D eigenvalue weighted by Crippen LogP contribution is 2.25. The van der Waals surface area contributed by atoms with Gasteiger partial charge in [0.1, 0.15) is 11.5 Å². The van der Waals surface area contributed by atoms with Gasteiger partial charge in [-0.25, -0.2) is 4.79 Å². The van der Waals surface area contributed by atoms with Crippen LogP contribution < -0.4 is 10.1 Å². The van der Waals surface area contributed by atoms with Crippen molar-refractivity contribution in [2.24, 2.45) is 0 Å². The topological polar surface area (TPSA) is 90.7 Å². The molecule has 116 valence electrons. The molecule has 2 rings (SSSR count). The first-order valence-electron chi connectivity index (χ1n) is 6.23. The number of carbonyl (C=O) groups excluding carboxylic acids is 2. The molecule has 0 radical (unpaired) electrons. The first-order chi connectivity index (χ1) is 10.5. The van der Waals surface area contributed by atoms with Crippen molar-refractivity contribution < 1.29 is 23.6 Å². The molecule has 1 N–H and O–H groups in total. The maximum Gasteiger partial charge on any atom is 0.338 e. The normalized spacial score (nSPS) is 10.1. The minimum atomic E-state index is -0.616. The minimum Gasteiger partial charge on any atom is -0.496 e. The molecule has 1 aromatic carbocycles. The standard InChI is InChI=1S/C14H13BrN2O5/c1-8-5-12(17-22-8)16-13(18)7-21-14(19)9-3-4-11(20-2)10(15)6-9/h3-6H,7H2,1-2H3,(H,16,17,18). The third kappa shape index (κ3) is 4.08. The van der Waals surface area contributed by atoms with E-state index >= 15 is 0 Å². The molecule has 1 amide bonds. The molecule has 22 heavy (non-hydrogen) atoms. The quantitative estimate of drug-likeness (QED) is 0.815. The van der Waals surface area contributed by atoms with Crippen LogP contribution in [-0.4, -0.2) is 30.7 Å². The van der Waals surface area contributed by atoms with Crippen molar-refractivity contribution in [2.75, 3.05) is 19.0 Å².